The summed E-state index contributed by atoms with van der Waals surface area (Å²) in [5.41, 5.74) is 3.76. The quantitative estimate of drug-likeness (QED) is 0.111. The van der Waals surface area contributed by atoms with Crippen molar-refractivity contribution in [2.24, 2.45) is 0 Å². The molecule has 0 atom stereocenters. The maximum Gasteiger partial charge on any atom is 0.499 e. The molecule has 0 bridgehead atoms. The number of fused-ring (bicyclic) bond motifs is 2. The van der Waals surface area contributed by atoms with E-state index >= 15 is 0 Å². The summed E-state index contributed by atoms with van der Waals surface area (Å²) in [6.07, 6.45) is 3.15. The molecule has 6 aromatic heterocycles. The number of anilines is 4. The van der Waals surface area contributed by atoms with Crippen molar-refractivity contribution < 1.29 is 19.5 Å². The van der Waals surface area contributed by atoms with E-state index in [1.165, 1.54) is 21.1 Å². The second kappa shape index (κ2) is 17.0. The molecule has 0 unspecified atom stereocenters. The zero-order valence-corrected chi connectivity index (χ0v) is 31.3. The van der Waals surface area contributed by atoms with E-state index in [0.29, 0.717) is 4.78 Å². The Kier molecular flexibility index (Phi) is 12.0. The Balaban J connectivity index is 0.000000144. The van der Waals surface area contributed by atoms with E-state index in [2.05, 4.69) is 70.1 Å². The van der Waals surface area contributed by atoms with Crippen LogP contribution >= 0.6 is 61.3 Å². The van der Waals surface area contributed by atoms with Crippen LogP contribution in [0.5, 0.6) is 11.5 Å². The van der Waals surface area contributed by atoms with Gasteiger partial charge in [-0.05, 0) is 69.2 Å². The van der Waals surface area contributed by atoms with Crippen LogP contribution in [0, 0.1) is 0 Å². The highest BCUT2D eigenvalue weighted by Gasteiger charge is 2.12. The number of rotatable bonds is 8. The molecule has 252 valence electrons. The molecule has 0 saturated carbocycles. The van der Waals surface area contributed by atoms with E-state index in [4.69, 9.17) is 19.5 Å². The second-order valence-corrected chi connectivity index (χ2v) is 15.5. The molecule has 6 heterocycles. The number of halogens is 1. The third-order valence-electron chi connectivity index (χ3n) is 6.82. The molecule has 50 heavy (non-hydrogen) atoms. The van der Waals surface area contributed by atoms with Gasteiger partial charge in [-0.3, -0.25) is 0 Å². The maximum absolute atomic E-state index is 8.48. The molecule has 0 aliphatic heterocycles. The van der Waals surface area contributed by atoms with Crippen molar-refractivity contribution in [3.05, 3.63) is 112 Å². The first-order chi connectivity index (χ1) is 24.4. The highest BCUT2D eigenvalue weighted by Crippen LogP contribution is 2.38. The molecular weight excluding hydrogens is 775 g/mol. The van der Waals surface area contributed by atoms with Crippen LogP contribution in [0.2, 0.25) is 0 Å². The van der Waals surface area contributed by atoms with E-state index < -0.39 is 7.12 Å². The fourth-order valence-corrected chi connectivity index (χ4v) is 8.47. The minimum atomic E-state index is -1.30. The van der Waals surface area contributed by atoms with Crippen molar-refractivity contribution in [3.8, 4) is 21.3 Å². The van der Waals surface area contributed by atoms with Crippen molar-refractivity contribution >= 4 is 117 Å². The minimum absolute atomic E-state index is 0.588. The van der Waals surface area contributed by atoms with Crippen LogP contribution in [-0.2, 0) is 0 Å². The number of nitrogens with zero attached hydrogens (tertiary/aromatic N) is 4. The Morgan fingerprint density at radius 3 is 1.74 bits per heavy atom. The fraction of sp³-hybridized carbons (Fsp3) is 0.0588. The standard InChI is InChI=1S/C17H13N3OS2.C13H10BrN3OS.C4H5BO2S/c1-21-12-5-2-4-11(8-12)20-17-16-13(18-10-19-17)9-15(23-16)14-6-3-7-22-14;1-18-9-4-2-3-8(5-9)17-13-12-10(15-7-16-13)6-11(14)19-12;6-5(7)4-2-1-3-8-4/h2-10H,1H3,(H,18,19,20);2-7H,1H3,(H,15,16,17);1-3,6-7H. The van der Waals surface area contributed by atoms with E-state index in [0.717, 1.165) is 58.7 Å². The number of hydrogen-bond acceptors (Lipinski definition) is 14. The number of methoxy groups -OCH3 is 2. The molecule has 0 aliphatic rings. The Morgan fingerprint density at radius 1 is 0.640 bits per heavy atom. The normalized spacial score (nSPS) is 10.5. The van der Waals surface area contributed by atoms with Crippen molar-refractivity contribution in [3.63, 3.8) is 0 Å². The van der Waals surface area contributed by atoms with Gasteiger partial charge in [0, 0.05) is 38.0 Å². The van der Waals surface area contributed by atoms with Crippen molar-refractivity contribution in [2.75, 3.05) is 24.9 Å². The Morgan fingerprint density at radius 2 is 1.22 bits per heavy atom. The average Bonchev–Trinajstić information content (AvgIpc) is 3.96. The maximum atomic E-state index is 8.48. The van der Waals surface area contributed by atoms with Crippen LogP contribution in [0.1, 0.15) is 0 Å². The number of nitrogens with one attached hydrogen (secondary N) is 2. The van der Waals surface area contributed by atoms with Gasteiger partial charge in [0.2, 0.25) is 0 Å². The highest BCUT2D eigenvalue weighted by molar-refractivity contribution is 9.11. The highest BCUT2D eigenvalue weighted by atomic mass is 79.9. The molecule has 8 rings (SSSR count). The molecule has 0 amide bonds. The SMILES string of the molecule is COc1cccc(Nc2ncnc3cc(-c4cccs4)sc23)c1.COc1cccc(Nc2ncnc3cc(Br)sc23)c1.OB(O)c1cccs1. The summed E-state index contributed by atoms with van der Waals surface area (Å²) in [5, 5.41) is 27.5. The summed E-state index contributed by atoms with van der Waals surface area (Å²) in [6, 6.07) is 27.3. The summed E-state index contributed by atoms with van der Waals surface area (Å²) in [5.74, 6) is 3.23. The molecule has 16 heteroatoms. The first-order valence-electron chi connectivity index (χ1n) is 14.8. The van der Waals surface area contributed by atoms with Gasteiger partial charge in [-0.2, -0.15) is 11.3 Å². The van der Waals surface area contributed by atoms with Crippen LogP contribution in [0.3, 0.4) is 0 Å². The fourth-order valence-electron chi connectivity index (χ4n) is 4.51. The average molecular weight is 804 g/mol. The Labute approximate surface area is 312 Å². The molecule has 4 N–H and O–H groups in total. The predicted octanol–water partition coefficient (Wildman–Crippen LogP) is 8.81. The lowest BCUT2D eigenvalue weighted by Crippen LogP contribution is -2.26. The second-order valence-electron chi connectivity index (χ2n) is 10.1. The lowest BCUT2D eigenvalue weighted by atomic mass is 9.90. The molecule has 8 aromatic rings. The smallest absolute Gasteiger partial charge is 0.497 e. The van der Waals surface area contributed by atoms with Gasteiger partial charge < -0.3 is 30.2 Å². The molecule has 2 aromatic carbocycles. The molecule has 0 radical (unpaired) electrons. The largest absolute Gasteiger partial charge is 0.499 e. The topological polar surface area (TPSA) is 135 Å². The third kappa shape index (κ3) is 9.02. The number of benzene rings is 2. The molecular formula is C34H28BBrN6O4S4. The van der Waals surface area contributed by atoms with Crippen molar-refractivity contribution in [1.82, 2.24) is 19.9 Å². The lowest BCUT2D eigenvalue weighted by Gasteiger charge is -2.07. The van der Waals surface area contributed by atoms with E-state index in [9.17, 15) is 0 Å². The van der Waals surface area contributed by atoms with Gasteiger partial charge in [0.25, 0.3) is 0 Å². The van der Waals surface area contributed by atoms with E-state index in [-0.39, 0.29) is 0 Å². The lowest BCUT2D eigenvalue weighted by molar-refractivity contribution is 0.415. The Bertz CT molecular complexity index is 2280. The predicted molar refractivity (Wildman–Crippen MR) is 213 cm³/mol. The van der Waals surface area contributed by atoms with Crippen molar-refractivity contribution in [1.29, 1.82) is 0 Å². The van der Waals surface area contributed by atoms with Crippen LogP contribution < -0.4 is 24.9 Å². The number of thiophene rings is 4. The molecule has 0 saturated heterocycles. The summed E-state index contributed by atoms with van der Waals surface area (Å²) in [7, 11) is 2.02. The zero-order chi connectivity index (χ0) is 34.9. The first kappa shape index (κ1) is 35.4. The minimum Gasteiger partial charge on any atom is -0.497 e. The zero-order valence-electron chi connectivity index (χ0n) is 26.5. The first-order valence-corrected chi connectivity index (χ1v) is 19.0. The van der Waals surface area contributed by atoms with E-state index in [1.54, 1.807) is 78.4 Å². The van der Waals surface area contributed by atoms with Gasteiger partial charge in [-0.15, -0.1) is 34.0 Å². The van der Waals surface area contributed by atoms with Crippen LogP contribution in [0.25, 0.3) is 30.2 Å². The third-order valence-corrected chi connectivity index (χ3v) is 11.6. The van der Waals surface area contributed by atoms with Crippen LogP contribution in [-0.4, -0.2) is 51.3 Å². The van der Waals surface area contributed by atoms with Gasteiger partial charge >= 0.3 is 7.12 Å². The summed E-state index contributed by atoms with van der Waals surface area (Å²) >= 11 is 9.84. The molecule has 0 aliphatic carbocycles. The number of ether oxygens (including phenoxy) is 2. The van der Waals surface area contributed by atoms with Gasteiger partial charge in [-0.25, -0.2) is 19.9 Å². The Hall–Kier alpha value is -4.42. The molecule has 0 spiro atoms. The van der Waals surface area contributed by atoms with Crippen LogP contribution in [0.15, 0.2) is 112 Å². The van der Waals surface area contributed by atoms with Gasteiger partial charge in [-0.1, -0.05) is 30.3 Å². The summed E-state index contributed by atoms with van der Waals surface area (Å²) in [4.78, 5) is 19.8. The molecule has 0 fully saturated rings. The van der Waals surface area contributed by atoms with Crippen molar-refractivity contribution in [2.45, 2.75) is 0 Å². The number of hydrogen-bond donors (Lipinski definition) is 4. The van der Waals surface area contributed by atoms with E-state index in [1.807, 2.05) is 54.6 Å². The molecule has 10 nitrogen and oxygen atoms in total. The van der Waals surface area contributed by atoms with Gasteiger partial charge in [0.1, 0.15) is 24.2 Å². The summed E-state index contributed by atoms with van der Waals surface area (Å²) < 4.78 is 14.2. The van der Waals surface area contributed by atoms with Crippen LogP contribution in [0.4, 0.5) is 23.0 Å². The van der Waals surface area contributed by atoms with Gasteiger partial charge in [0.15, 0.2) is 11.6 Å². The van der Waals surface area contributed by atoms with Gasteiger partial charge in [0.05, 0.1) is 38.4 Å². The summed E-state index contributed by atoms with van der Waals surface area (Å²) in [6.45, 7) is 0. The monoisotopic (exact) mass is 802 g/mol. The number of aromatic nitrogens is 4.